The molecule has 12 N–H and O–H groups in total. The summed E-state index contributed by atoms with van der Waals surface area (Å²) in [5.74, 6) is -15.2. The zero-order chi connectivity index (χ0) is 64.3. The predicted molar refractivity (Wildman–Crippen MR) is 320 cm³/mol. The number of aromatic hydroxyl groups is 4. The normalized spacial score (nSPS) is 21.5. The second-order valence-corrected chi connectivity index (χ2v) is 22.7. The molecule has 91 heavy (non-hydrogen) atoms. The maximum absolute atomic E-state index is 15.9. The summed E-state index contributed by atoms with van der Waals surface area (Å²) in [6.07, 6.45) is -2.47. The molecule has 0 spiro atoms. The molecule has 7 aromatic rings. The van der Waals surface area contributed by atoms with Gasteiger partial charge in [-0.25, -0.2) is 9.00 Å². The Morgan fingerprint density at radius 3 is 1.79 bits per heavy atom. The number of benzene rings is 7. The van der Waals surface area contributed by atoms with Crippen LogP contribution in [0.15, 0.2) is 109 Å². The van der Waals surface area contributed by atoms with E-state index in [9.17, 15) is 53.8 Å². The molecule has 6 aliphatic heterocycles. The second kappa shape index (κ2) is 25.5. The van der Waals surface area contributed by atoms with Crippen LogP contribution in [-0.2, 0) is 51.3 Å². The number of carboxylic acid groups (broad SMARTS) is 1. The van der Waals surface area contributed by atoms with Gasteiger partial charge in [-0.2, -0.15) is 0 Å². The van der Waals surface area contributed by atoms with Crippen molar-refractivity contribution in [1.82, 2.24) is 31.9 Å². The lowest BCUT2D eigenvalue weighted by atomic mass is 9.89. The van der Waals surface area contributed by atoms with Crippen molar-refractivity contribution in [2.24, 2.45) is 0 Å². The van der Waals surface area contributed by atoms with Gasteiger partial charge in [0.25, 0.3) is 0 Å². The van der Waals surface area contributed by atoms with E-state index in [4.69, 9.17) is 57.9 Å². The molecule has 17 bridgehead atoms. The largest absolute Gasteiger partial charge is 0.740 e. The number of rotatable bonds is 4. The number of carboxylic acids is 1. The SMILES string of the molecule is COc1c2cc3cc1Oc1ccc(cc1Cl)[C@@H](O)[C@H]1NC(=O)[C@H](NC(=O)[C@@H]3NC(=O)[C@H]3NC(=O)[C@@H](Cc4ccc(c(Cl)c4)O2)NC(=O)[C@H](C)c2ccc(OS(=O)[O-])c(c2)Oc2cc(O)cc3c2)c2cc(Cl)c(O)c(c2)-c2c(O)cc(O)cc2[C@@H](C(=O)O)NC1=O.[B]. The number of fused-ring (bicyclic) bond motifs is 14. The highest BCUT2D eigenvalue weighted by Gasteiger charge is 2.42. The highest BCUT2D eigenvalue weighted by atomic mass is 35.5. The number of carbonyl (C=O) groups is 7. The lowest BCUT2D eigenvalue weighted by Crippen LogP contribution is -2.55. The van der Waals surface area contributed by atoms with E-state index in [0.29, 0.717) is 5.56 Å². The fourth-order valence-electron chi connectivity index (χ4n) is 10.7. The minimum absolute atomic E-state index is 0. The van der Waals surface area contributed by atoms with E-state index >= 15 is 19.2 Å². The molecule has 13 rings (SSSR count). The van der Waals surface area contributed by atoms with Gasteiger partial charge in [-0.05, 0) is 119 Å². The van der Waals surface area contributed by atoms with E-state index in [1.54, 1.807) is 0 Å². The fraction of sp³-hybridized carbons (Fsp3) is 0.183. The minimum Gasteiger partial charge on any atom is -0.740 e. The van der Waals surface area contributed by atoms with Gasteiger partial charge in [0, 0.05) is 43.7 Å². The Labute approximate surface area is 533 Å². The molecule has 7 aromatic carbocycles. The van der Waals surface area contributed by atoms with Crippen LogP contribution in [0.3, 0.4) is 0 Å². The number of nitrogens with one attached hydrogen (secondary N) is 6. The number of hydrogen-bond donors (Lipinski definition) is 12. The quantitative estimate of drug-likeness (QED) is 0.0696. The van der Waals surface area contributed by atoms with Crippen molar-refractivity contribution in [2.75, 3.05) is 7.11 Å². The van der Waals surface area contributed by atoms with Crippen molar-refractivity contribution in [1.29, 1.82) is 0 Å². The molecule has 467 valence electrons. The van der Waals surface area contributed by atoms with Crippen molar-refractivity contribution >= 4 is 96.0 Å². The van der Waals surface area contributed by atoms with E-state index in [-0.39, 0.29) is 98.7 Å². The van der Waals surface area contributed by atoms with Gasteiger partial charge in [0.15, 0.2) is 29.0 Å². The molecule has 0 saturated heterocycles. The van der Waals surface area contributed by atoms with Crippen LogP contribution in [0.25, 0.3) is 11.1 Å². The first-order chi connectivity index (χ1) is 42.8. The van der Waals surface area contributed by atoms with Crippen molar-refractivity contribution in [3.63, 3.8) is 0 Å². The number of phenolic OH excluding ortho intramolecular Hbond substituents is 4. The Bertz CT molecular complexity index is 4260. The van der Waals surface area contributed by atoms with Crippen LogP contribution in [0, 0.1) is 0 Å². The Morgan fingerprint density at radius 1 is 0.593 bits per heavy atom. The average Bonchev–Trinajstić information content (AvgIpc) is 1.06. The summed E-state index contributed by atoms with van der Waals surface area (Å²) in [7, 11) is 1.23. The lowest BCUT2D eigenvalue weighted by molar-refractivity contribution is -0.143. The molecule has 6 heterocycles. The van der Waals surface area contributed by atoms with E-state index in [0.717, 1.165) is 42.5 Å². The number of carbonyl (C=O) groups excluding carboxylic acids is 6. The van der Waals surface area contributed by atoms with Crippen LogP contribution >= 0.6 is 34.8 Å². The maximum Gasteiger partial charge on any atom is 0.330 e. The number of halogens is 3. The number of amides is 6. The summed E-state index contributed by atoms with van der Waals surface area (Å²) in [4.78, 5) is 104. The van der Waals surface area contributed by atoms with Crippen LogP contribution in [0.2, 0.25) is 15.1 Å². The van der Waals surface area contributed by atoms with Gasteiger partial charge < -0.3 is 90.2 Å². The predicted octanol–water partition coefficient (Wildman–Crippen LogP) is 6.13. The standard InChI is InChI=1S/C60H47Cl3N6O20S.B/c1-22-24-4-8-41(89-90(83)84)42(16-24)86-31-12-26(11-29(70)19-31)46-56(77)67-48-28-17-43(87-39-6-3-23(9-34(39)61)10-37(55(76)65-46)64-54(22)75)53(85-2)44(18-28)88-40-7-5-25(14-35(40)62)51(73)50-59(80)68-49(60(81)82)32-20-30(71)21-38(72)45(32)33-13-27(15-36(63)52(33)74)47(58(79)69-50)66-57(48)78;/h3-9,11-22,37,46-51,70-74H,10H2,1-2H3,(H,64,75)(H,65,76)(H,66,78)(H,67,77)(H,68,80)(H,69,79)(H,81,82)(H,83,84);/p-1/t22-,37-,46+,47-,48-,49+,50-,51-;/m1./s1. The fourth-order valence-corrected chi connectivity index (χ4v) is 11.7. The highest BCUT2D eigenvalue weighted by molar-refractivity contribution is 7.74. The third-order valence-electron chi connectivity index (χ3n) is 15.1. The monoisotopic (exact) mass is 1320 g/mol. The van der Waals surface area contributed by atoms with Crippen LogP contribution in [0.1, 0.15) is 82.1 Å². The van der Waals surface area contributed by atoms with E-state index in [2.05, 4.69) is 31.9 Å². The Morgan fingerprint density at radius 2 is 1.16 bits per heavy atom. The molecule has 31 heteroatoms. The average molecular weight is 1320 g/mol. The first-order valence-corrected chi connectivity index (χ1v) is 28.9. The van der Waals surface area contributed by atoms with Crippen LogP contribution in [0.4, 0.5) is 0 Å². The third-order valence-corrected chi connectivity index (χ3v) is 16.3. The molecule has 6 amide bonds. The van der Waals surface area contributed by atoms with Gasteiger partial charge in [-0.1, -0.05) is 53.0 Å². The third kappa shape index (κ3) is 12.8. The van der Waals surface area contributed by atoms with Crippen LogP contribution in [-0.4, -0.2) is 108 Å². The van der Waals surface area contributed by atoms with Gasteiger partial charge in [-0.15, -0.1) is 0 Å². The van der Waals surface area contributed by atoms with Crippen molar-refractivity contribution in [3.05, 3.63) is 163 Å². The van der Waals surface area contributed by atoms with Crippen molar-refractivity contribution in [2.45, 2.75) is 61.6 Å². The molecule has 9 atom stereocenters. The highest BCUT2D eigenvalue weighted by Crippen LogP contribution is 2.49. The zero-order valence-electron chi connectivity index (χ0n) is 46.7. The van der Waals surface area contributed by atoms with E-state index in [1.807, 2.05) is 0 Å². The molecule has 3 radical (unpaired) electrons. The van der Waals surface area contributed by atoms with Gasteiger partial charge >= 0.3 is 5.97 Å². The maximum atomic E-state index is 15.9. The molecule has 0 aromatic heterocycles. The summed E-state index contributed by atoms with van der Waals surface area (Å²) in [5, 5.41) is 82.2. The number of aliphatic carboxylic acids is 1. The smallest absolute Gasteiger partial charge is 0.330 e. The van der Waals surface area contributed by atoms with Crippen molar-refractivity contribution < 1.29 is 96.1 Å². The Kier molecular flexibility index (Phi) is 17.9. The first-order valence-electron chi connectivity index (χ1n) is 26.7. The first kappa shape index (κ1) is 64.0. The minimum atomic E-state index is -3.16. The van der Waals surface area contributed by atoms with Gasteiger partial charge in [0.1, 0.15) is 87.9 Å². The van der Waals surface area contributed by atoms with Gasteiger partial charge in [0.05, 0.1) is 28.1 Å². The second-order valence-electron chi connectivity index (χ2n) is 20.9. The number of hydrogen-bond acceptors (Lipinski definition) is 19. The Hall–Kier alpha value is -9.97. The number of aliphatic hydroxyl groups excluding tert-OH is 1. The molecular weight excluding hydrogens is 1270 g/mol. The van der Waals surface area contributed by atoms with Crippen LogP contribution in [0.5, 0.6) is 69.0 Å². The number of aliphatic hydroxyl groups is 1. The molecule has 0 aliphatic carbocycles. The molecule has 0 saturated carbocycles. The molecule has 1 unspecified atom stereocenters. The summed E-state index contributed by atoms with van der Waals surface area (Å²) in [6.45, 7) is 1.47. The summed E-state index contributed by atoms with van der Waals surface area (Å²) in [6, 6.07) is 8.71. The molecule has 26 nitrogen and oxygen atoms in total. The zero-order valence-corrected chi connectivity index (χ0v) is 49.8. The molecule has 6 aliphatic rings. The number of ether oxygens (including phenoxy) is 4. The molecule has 0 fully saturated rings. The van der Waals surface area contributed by atoms with E-state index < -0.39 is 146 Å². The van der Waals surface area contributed by atoms with Gasteiger partial charge in [0.2, 0.25) is 41.2 Å². The Balaban J connectivity index is 0.00000909. The summed E-state index contributed by atoms with van der Waals surface area (Å²) < 4.78 is 53.6. The lowest BCUT2D eigenvalue weighted by Gasteiger charge is -2.31. The number of methoxy groups -OCH3 is 1. The van der Waals surface area contributed by atoms with Crippen molar-refractivity contribution in [3.8, 4) is 80.1 Å². The van der Waals surface area contributed by atoms with E-state index in [1.165, 1.54) is 80.8 Å². The topological polar surface area (TPSA) is 399 Å². The molecular formula is C60H46BCl3N6O20S-. The van der Waals surface area contributed by atoms with Crippen LogP contribution < -0.4 is 55.0 Å². The number of phenols is 4. The summed E-state index contributed by atoms with van der Waals surface area (Å²) >= 11 is 17.4. The summed E-state index contributed by atoms with van der Waals surface area (Å²) in [5.41, 5.74) is -2.21. The van der Waals surface area contributed by atoms with Gasteiger partial charge in [-0.3, -0.25) is 28.8 Å².